The van der Waals surface area contributed by atoms with Crippen LogP contribution in [0, 0.1) is 0 Å². The molecule has 1 atom stereocenters. The van der Waals surface area contributed by atoms with E-state index in [1.165, 1.54) is 0 Å². The van der Waals surface area contributed by atoms with Crippen molar-refractivity contribution in [2.24, 2.45) is 11.5 Å². The molecular formula is C8H19FN2. The van der Waals surface area contributed by atoms with Crippen LogP contribution in [0.15, 0.2) is 0 Å². The van der Waals surface area contributed by atoms with Gasteiger partial charge in [0.2, 0.25) is 0 Å². The van der Waals surface area contributed by atoms with Gasteiger partial charge < -0.3 is 11.5 Å². The third kappa shape index (κ3) is 7.75. The van der Waals surface area contributed by atoms with Crippen LogP contribution in [-0.4, -0.2) is 19.3 Å². The molecule has 68 valence electrons. The van der Waals surface area contributed by atoms with E-state index in [1.807, 2.05) is 0 Å². The van der Waals surface area contributed by atoms with E-state index in [1.54, 1.807) is 0 Å². The van der Waals surface area contributed by atoms with Gasteiger partial charge in [-0.05, 0) is 32.4 Å². The first-order chi connectivity index (χ1) is 5.31. The average Bonchev–Trinajstić information content (AvgIpc) is 1.99. The van der Waals surface area contributed by atoms with Crippen molar-refractivity contribution in [3.8, 4) is 0 Å². The van der Waals surface area contributed by atoms with Crippen molar-refractivity contribution in [3.63, 3.8) is 0 Å². The molecule has 0 aliphatic carbocycles. The van der Waals surface area contributed by atoms with E-state index in [4.69, 9.17) is 11.5 Å². The molecule has 11 heavy (non-hydrogen) atoms. The highest BCUT2D eigenvalue weighted by molar-refractivity contribution is 4.56. The molecule has 0 aliphatic rings. The van der Waals surface area contributed by atoms with Crippen LogP contribution in [0.2, 0.25) is 0 Å². The normalized spacial score (nSPS) is 13.4. The van der Waals surface area contributed by atoms with E-state index in [9.17, 15) is 4.39 Å². The van der Waals surface area contributed by atoms with Crippen molar-refractivity contribution >= 4 is 0 Å². The second-order valence-electron chi connectivity index (χ2n) is 2.81. The zero-order chi connectivity index (χ0) is 8.53. The number of hydrogen-bond acceptors (Lipinski definition) is 2. The van der Waals surface area contributed by atoms with Gasteiger partial charge in [-0.15, -0.1) is 0 Å². The highest BCUT2D eigenvalue weighted by atomic mass is 19.1. The molecule has 0 heterocycles. The molecule has 0 fully saturated rings. The highest BCUT2D eigenvalue weighted by Gasteiger charge is 2.03. The predicted octanol–water partition coefficient (Wildman–Crippen LogP) is 1.19. The van der Waals surface area contributed by atoms with Crippen molar-refractivity contribution in [1.29, 1.82) is 0 Å². The zero-order valence-electron chi connectivity index (χ0n) is 7.06. The summed E-state index contributed by atoms with van der Waals surface area (Å²) in [4.78, 5) is 0. The van der Waals surface area contributed by atoms with Crippen molar-refractivity contribution < 1.29 is 4.39 Å². The Morgan fingerprint density at radius 1 is 0.909 bits per heavy atom. The monoisotopic (exact) mass is 162 g/mol. The maximum absolute atomic E-state index is 12.7. The summed E-state index contributed by atoms with van der Waals surface area (Å²) in [5.41, 5.74) is 10.5. The number of nitrogens with two attached hydrogens (primary N) is 2. The lowest BCUT2D eigenvalue weighted by Gasteiger charge is -2.04. The van der Waals surface area contributed by atoms with Crippen LogP contribution in [0.25, 0.3) is 0 Å². The van der Waals surface area contributed by atoms with Crippen LogP contribution in [-0.2, 0) is 0 Å². The molecule has 0 aromatic rings. The number of halogens is 1. The minimum absolute atomic E-state index is 0.456. The number of hydrogen-bond donors (Lipinski definition) is 2. The molecule has 0 rings (SSSR count). The number of rotatable bonds is 7. The van der Waals surface area contributed by atoms with Crippen LogP contribution in [0.3, 0.4) is 0 Å². The summed E-state index contributed by atoms with van der Waals surface area (Å²) in [5.74, 6) is 0. The van der Waals surface area contributed by atoms with Crippen LogP contribution >= 0.6 is 0 Å². The van der Waals surface area contributed by atoms with E-state index in [0.29, 0.717) is 25.9 Å². The largest absolute Gasteiger partial charge is 0.330 e. The Hall–Kier alpha value is -0.150. The molecule has 0 aliphatic heterocycles. The highest BCUT2D eigenvalue weighted by Crippen LogP contribution is 2.08. The predicted molar refractivity (Wildman–Crippen MR) is 46.1 cm³/mol. The first kappa shape index (κ1) is 10.8. The van der Waals surface area contributed by atoms with E-state index < -0.39 is 6.17 Å². The Labute approximate surface area is 68.1 Å². The topological polar surface area (TPSA) is 52.0 Å². The fourth-order valence-corrected chi connectivity index (χ4v) is 1.01. The van der Waals surface area contributed by atoms with Crippen LogP contribution in [0.4, 0.5) is 4.39 Å². The molecule has 2 nitrogen and oxygen atoms in total. The summed E-state index contributed by atoms with van der Waals surface area (Å²) >= 11 is 0. The first-order valence-electron chi connectivity index (χ1n) is 4.35. The molecule has 3 heteroatoms. The summed E-state index contributed by atoms with van der Waals surface area (Å²) in [7, 11) is 0. The molecule has 0 spiro atoms. The fraction of sp³-hybridized carbons (Fsp3) is 1.00. The number of alkyl halides is 1. The molecule has 0 amide bonds. The van der Waals surface area contributed by atoms with Gasteiger partial charge in [-0.25, -0.2) is 4.39 Å². The summed E-state index contributed by atoms with van der Waals surface area (Å²) in [6, 6.07) is 0. The lowest BCUT2D eigenvalue weighted by molar-refractivity contribution is 0.291. The summed E-state index contributed by atoms with van der Waals surface area (Å²) in [5, 5.41) is 0. The quantitative estimate of drug-likeness (QED) is 0.552. The maximum Gasteiger partial charge on any atom is 0.101 e. The molecule has 0 saturated carbocycles. The first-order valence-corrected chi connectivity index (χ1v) is 4.35. The average molecular weight is 162 g/mol. The minimum atomic E-state index is -0.697. The van der Waals surface area contributed by atoms with Gasteiger partial charge in [0, 0.05) is 0 Å². The Kier molecular flexibility index (Phi) is 7.84. The Balaban J connectivity index is 2.97. The van der Waals surface area contributed by atoms with Crippen LogP contribution < -0.4 is 11.5 Å². The fourth-order valence-electron chi connectivity index (χ4n) is 1.01. The zero-order valence-corrected chi connectivity index (χ0v) is 7.06. The number of unbranched alkanes of at least 4 members (excludes halogenated alkanes) is 2. The van der Waals surface area contributed by atoms with Gasteiger partial charge in [0.05, 0.1) is 0 Å². The second kappa shape index (κ2) is 7.95. The summed E-state index contributed by atoms with van der Waals surface area (Å²) in [6.07, 6.45) is 3.45. The van der Waals surface area contributed by atoms with Gasteiger partial charge in [-0.2, -0.15) is 0 Å². The van der Waals surface area contributed by atoms with Crippen molar-refractivity contribution in [2.75, 3.05) is 13.1 Å². The maximum atomic E-state index is 12.7. The van der Waals surface area contributed by atoms with Crippen LogP contribution in [0.5, 0.6) is 0 Å². The molecule has 4 N–H and O–H groups in total. The lowest BCUT2D eigenvalue weighted by Crippen LogP contribution is -2.09. The Morgan fingerprint density at radius 3 is 2.18 bits per heavy atom. The van der Waals surface area contributed by atoms with Crippen molar-refractivity contribution in [2.45, 2.75) is 38.3 Å². The third-order valence-corrected chi connectivity index (χ3v) is 1.70. The molecule has 0 aromatic heterocycles. The van der Waals surface area contributed by atoms with E-state index >= 15 is 0 Å². The van der Waals surface area contributed by atoms with E-state index in [-0.39, 0.29) is 0 Å². The van der Waals surface area contributed by atoms with Gasteiger partial charge in [0.15, 0.2) is 0 Å². The van der Waals surface area contributed by atoms with Gasteiger partial charge in [-0.3, -0.25) is 0 Å². The molecule has 0 aromatic carbocycles. The Morgan fingerprint density at radius 2 is 1.64 bits per heavy atom. The molecule has 0 saturated heterocycles. The second-order valence-corrected chi connectivity index (χ2v) is 2.81. The molecule has 0 bridgehead atoms. The third-order valence-electron chi connectivity index (χ3n) is 1.70. The minimum Gasteiger partial charge on any atom is -0.330 e. The standard InChI is InChI=1S/C8H19FN2/c9-8(5-7-11)4-2-1-3-6-10/h8H,1-7,10-11H2. The van der Waals surface area contributed by atoms with Gasteiger partial charge in [0.1, 0.15) is 6.17 Å². The smallest absolute Gasteiger partial charge is 0.101 e. The van der Waals surface area contributed by atoms with Crippen LogP contribution in [0.1, 0.15) is 32.1 Å². The van der Waals surface area contributed by atoms with Gasteiger partial charge in [-0.1, -0.05) is 12.8 Å². The van der Waals surface area contributed by atoms with Crippen molar-refractivity contribution in [1.82, 2.24) is 0 Å². The summed E-state index contributed by atoms with van der Waals surface area (Å²) in [6.45, 7) is 1.17. The molecule has 1 unspecified atom stereocenters. The molecule has 0 radical (unpaired) electrons. The van der Waals surface area contributed by atoms with E-state index in [0.717, 1.165) is 19.3 Å². The molecular weight excluding hydrogens is 143 g/mol. The SMILES string of the molecule is NCCCCCC(F)CCN. The van der Waals surface area contributed by atoms with E-state index in [2.05, 4.69) is 0 Å². The van der Waals surface area contributed by atoms with Gasteiger partial charge >= 0.3 is 0 Å². The van der Waals surface area contributed by atoms with Gasteiger partial charge in [0.25, 0.3) is 0 Å². The van der Waals surface area contributed by atoms with Crippen molar-refractivity contribution in [3.05, 3.63) is 0 Å². The summed E-state index contributed by atoms with van der Waals surface area (Å²) < 4.78 is 12.7. The Bertz CT molecular complexity index is 78.5. The lowest BCUT2D eigenvalue weighted by atomic mass is 10.1.